The molecule has 0 aliphatic carbocycles. The molecule has 2 heterocycles. The number of hydrogen-bond donors (Lipinski definition) is 2. The Kier molecular flexibility index (Phi) is 5.31. The summed E-state index contributed by atoms with van der Waals surface area (Å²) in [5, 5.41) is 9.29. The van der Waals surface area contributed by atoms with Crippen molar-refractivity contribution in [1.29, 1.82) is 0 Å². The fourth-order valence-electron chi connectivity index (χ4n) is 4.08. The van der Waals surface area contributed by atoms with Crippen molar-refractivity contribution in [2.75, 3.05) is 20.2 Å². The van der Waals surface area contributed by atoms with Crippen molar-refractivity contribution in [3.63, 3.8) is 0 Å². The lowest BCUT2D eigenvalue weighted by Crippen LogP contribution is -2.43. The number of imidazole rings is 1. The number of carbonyl (C=O) groups is 2. The van der Waals surface area contributed by atoms with Gasteiger partial charge in [0, 0.05) is 13.1 Å². The van der Waals surface area contributed by atoms with Crippen LogP contribution < -0.4 is 10.4 Å². The van der Waals surface area contributed by atoms with Gasteiger partial charge in [-0.3, -0.25) is 9.36 Å². The van der Waals surface area contributed by atoms with E-state index in [0.29, 0.717) is 29.9 Å². The molecule has 4 rings (SSSR count). The van der Waals surface area contributed by atoms with E-state index in [-0.39, 0.29) is 29.6 Å². The van der Waals surface area contributed by atoms with Crippen LogP contribution in [0.2, 0.25) is 0 Å². The van der Waals surface area contributed by atoms with E-state index in [1.54, 1.807) is 22.6 Å². The zero-order chi connectivity index (χ0) is 21.3. The largest absolute Gasteiger partial charge is 0.497 e. The second-order valence-corrected chi connectivity index (χ2v) is 7.50. The number of rotatable bonds is 5. The number of piperidine rings is 1. The van der Waals surface area contributed by atoms with Crippen molar-refractivity contribution in [2.24, 2.45) is 0 Å². The molecule has 0 saturated carbocycles. The summed E-state index contributed by atoms with van der Waals surface area (Å²) < 4.78 is 6.81. The van der Waals surface area contributed by atoms with E-state index in [9.17, 15) is 19.5 Å². The van der Waals surface area contributed by atoms with Crippen LogP contribution in [0.5, 0.6) is 5.75 Å². The first-order valence-corrected chi connectivity index (χ1v) is 9.84. The molecule has 8 nitrogen and oxygen atoms in total. The summed E-state index contributed by atoms with van der Waals surface area (Å²) in [6.07, 6.45) is 1.77. The molecule has 0 radical (unpaired) electrons. The molecule has 0 bridgehead atoms. The van der Waals surface area contributed by atoms with Gasteiger partial charge in [-0.05, 0) is 48.7 Å². The second kappa shape index (κ2) is 8.06. The molecule has 1 aliphatic rings. The lowest BCUT2D eigenvalue weighted by molar-refractivity contribution is -0.132. The van der Waals surface area contributed by atoms with E-state index in [2.05, 4.69) is 4.98 Å². The zero-order valence-corrected chi connectivity index (χ0v) is 16.6. The summed E-state index contributed by atoms with van der Waals surface area (Å²) in [7, 11) is 1.59. The number of methoxy groups -OCH3 is 1. The second-order valence-electron chi connectivity index (χ2n) is 7.50. The molecular formula is C22H23N3O5. The van der Waals surface area contributed by atoms with Crippen LogP contribution in [0.3, 0.4) is 0 Å². The molecule has 2 aromatic carbocycles. The number of hydrogen-bond acceptors (Lipinski definition) is 4. The standard InChI is InChI=1S/C22H23N3O5/c1-30-17-6-2-4-14(10-17)11-20(26)24-9-3-5-16(13-24)25-19-12-15(21(27)28)7-8-18(19)23-22(25)29/h2,4,6-8,10,12,16H,3,5,9,11,13H2,1H3,(H,23,29)(H,27,28). The summed E-state index contributed by atoms with van der Waals surface area (Å²) in [6, 6.07) is 11.8. The highest BCUT2D eigenvalue weighted by atomic mass is 16.5. The van der Waals surface area contributed by atoms with Crippen molar-refractivity contribution in [1.82, 2.24) is 14.5 Å². The highest BCUT2D eigenvalue weighted by molar-refractivity contribution is 5.92. The minimum Gasteiger partial charge on any atom is -0.497 e. The highest BCUT2D eigenvalue weighted by Crippen LogP contribution is 2.25. The Balaban J connectivity index is 1.57. The monoisotopic (exact) mass is 409 g/mol. The Morgan fingerprint density at radius 2 is 2.07 bits per heavy atom. The first-order chi connectivity index (χ1) is 14.5. The number of carboxylic acid groups (broad SMARTS) is 1. The first kappa shape index (κ1) is 19.8. The molecule has 156 valence electrons. The fourth-order valence-corrected chi connectivity index (χ4v) is 4.08. The average Bonchev–Trinajstić information content (AvgIpc) is 3.08. The summed E-state index contributed by atoms with van der Waals surface area (Å²) in [6.45, 7) is 1.05. The predicted molar refractivity (Wildman–Crippen MR) is 111 cm³/mol. The Hall–Kier alpha value is -3.55. The van der Waals surface area contributed by atoms with Crippen LogP contribution in [0.15, 0.2) is 47.3 Å². The number of carbonyl (C=O) groups excluding carboxylic acids is 1. The maximum atomic E-state index is 12.9. The maximum absolute atomic E-state index is 12.9. The summed E-state index contributed by atoms with van der Waals surface area (Å²) in [5.41, 5.74) is 1.84. The van der Waals surface area contributed by atoms with Gasteiger partial charge in [-0.1, -0.05) is 12.1 Å². The van der Waals surface area contributed by atoms with Gasteiger partial charge in [0.05, 0.1) is 36.2 Å². The smallest absolute Gasteiger partial charge is 0.335 e. The van der Waals surface area contributed by atoms with Gasteiger partial charge in [0.1, 0.15) is 5.75 Å². The van der Waals surface area contributed by atoms with Crippen LogP contribution in [-0.2, 0) is 11.2 Å². The van der Waals surface area contributed by atoms with Crippen LogP contribution in [0.4, 0.5) is 0 Å². The van der Waals surface area contributed by atoms with E-state index in [1.807, 2.05) is 24.3 Å². The minimum atomic E-state index is -1.05. The van der Waals surface area contributed by atoms with E-state index >= 15 is 0 Å². The average molecular weight is 409 g/mol. The number of aromatic nitrogens is 2. The molecule has 1 aromatic heterocycles. The third-order valence-electron chi connectivity index (χ3n) is 5.57. The predicted octanol–water partition coefficient (Wildman–Crippen LogP) is 2.44. The van der Waals surface area contributed by atoms with Gasteiger partial charge in [0.15, 0.2) is 0 Å². The van der Waals surface area contributed by atoms with Gasteiger partial charge in [0.2, 0.25) is 5.91 Å². The lowest BCUT2D eigenvalue weighted by Gasteiger charge is -2.33. The lowest BCUT2D eigenvalue weighted by atomic mass is 10.0. The van der Waals surface area contributed by atoms with E-state index in [0.717, 1.165) is 18.4 Å². The number of carboxylic acids is 1. The van der Waals surface area contributed by atoms with Crippen molar-refractivity contribution >= 4 is 22.9 Å². The van der Waals surface area contributed by atoms with Gasteiger partial charge < -0.3 is 19.7 Å². The van der Waals surface area contributed by atoms with Gasteiger partial charge in [0.25, 0.3) is 0 Å². The molecule has 30 heavy (non-hydrogen) atoms. The van der Waals surface area contributed by atoms with Gasteiger partial charge in [-0.25, -0.2) is 9.59 Å². The van der Waals surface area contributed by atoms with Gasteiger partial charge >= 0.3 is 11.7 Å². The number of H-pyrrole nitrogens is 1. The number of aromatic carboxylic acids is 1. The van der Waals surface area contributed by atoms with Crippen molar-refractivity contribution in [3.05, 3.63) is 64.1 Å². The Morgan fingerprint density at radius 3 is 2.83 bits per heavy atom. The molecule has 1 amide bonds. The Labute approximate surface area is 172 Å². The topological polar surface area (TPSA) is 105 Å². The van der Waals surface area contributed by atoms with E-state index in [1.165, 1.54) is 12.1 Å². The molecule has 8 heteroatoms. The third-order valence-corrected chi connectivity index (χ3v) is 5.57. The molecule has 3 aromatic rings. The fraction of sp³-hybridized carbons (Fsp3) is 0.318. The van der Waals surface area contributed by atoms with Crippen LogP contribution in [0.1, 0.15) is 34.8 Å². The quantitative estimate of drug-likeness (QED) is 0.674. The third kappa shape index (κ3) is 3.80. The number of nitrogens with zero attached hydrogens (tertiary/aromatic N) is 2. The van der Waals surface area contributed by atoms with Crippen LogP contribution in [0.25, 0.3) is 11.0 Å². The van der Waals surface area contributed by atoms with Crippen LogP contribution in [-0.4, -0.2) is 51.6 Å². The molecule has 1 atom stereocenters. The number of fused-ring (bicyclic) bond motifs is 1. The number of benzene rings is 2. The van der Waals surface area contributed by atoms with Crippen molar-refractivity contribution < 1.29 is 19.4 Å². The SMILES string of the molecule is COc1cccc(CC(=O)N2CCCC(n3c(=O)[nH]c4ccc(C(=O)O)cc43)C2)c1. The summed E-state index contributed by atoms with van der Waals surface area (Å²) >= 11 is 0. The number of nitrogens with one attached hydrogen (secondary N) is 1. The number of likely N-dealkylation sites (tertiary alicyclic amines) is 1. The van der Waals surface area contributed by atoms with Gasteiger partial charge in [-0.15, -0.1) is 0 Å². The van der Waals surface area contributed by atoms with Crippen LogP contribution >= 0.6 is 0 Å². The molecule has 1 aliphatic heterocycles. The molecule has 2 N–H and O–H groups in total. The summed E-state index contributed by atoms with van der Waals surface area (Å²) in [4.78, 5) is 41.4. The normalized spacial score (nSPS) is 16.6. The van der Waals surface area contributed by atoms with Crippen molar-refractivity contribution in [2.45, 2.75) is 25.3 Å². The Morgan fingerprint density at radius 1 is 1.23 bits per heavy atom. The number of ether oxygens (including phenoxy) is 1. The molecule has 0 spiro atoms. The number of aromatic amines is 1. The zero-order valence-electron chi connectivity index (χ0n) is 16.6. The minimum absolute atomic E-state index is 0.00734. The molecule has 1 unspecified atom stereocenters. The van der Waals surface area contributed by atoms with Crippen LogP contribution in [0, 0.1) is 0 Å². The molecule has 1 fully saturated rings. The Bertz CT molecular complexity index is 1160. The van der Waals surface area contributed by atoms with E-state index < -0.39 is 5.97 Å². The maximum Gasteiger partial charge on any atom is 0.335 e. The molecule has 1 saturated heterocycles. The highest BCUT2D eigenvalue weighted by Gasteiger charge is 2.27. The number of amides is 1. The molecular weight excluding hydrogens is 386 g/mol. The van der Waals surface area contributed by atoms with Crippen molar-refractivity contribution in [3.8, 4) is 5.75 Å². The first-order valence-electron chi connectivity index (χ1n) is 9.84. The summed E-state index contributed by atoms with van der Waals surface area (Å²) in [5.74, 6) is -0.348. The van der Waals surface area contributed by atoms with E-state index in [4.69, 9.17) is 4.74 Å². The van der Waals surface area contributed by atoms with Gasteiger partial charge in [-0.2, -0.15) is 0 Å².